The Bertz CT molecular complexity index is 881. The van der Waals surface area contributed by atoms with Crippen LogP contribution in [0.4, 0.5) is 11.6 Å². The van der Waals surface area contributed by atoms with E-state index in [1.807, 2.05) is 0 Å². The van der Waals surface area contributed by atoms with Crippen LogP contribution >= 0.6 is 0 Å². The minimum Gasteiger partial charge on any atom is -0.341 e. The van der Waals surface area contributed by atoms with Crippen molar-refractivity contribution in [1.82, 2.24) is 14.7 Å². The van der Waals surface area contributed by atoms with Gasteiger partial charge in [-0.3, -0.25) is 10.1 Å². The summed E-state index contributed by atoms with van der Waals surface area (Å²) in [5.41, 5.74) is 0.257. The first-order chi connectivity index (χ1) is 12.0. The number of rotatable bonds is 6. The van der Waals surface area contributed by atoms with Gasteiger partial charge in [0.05, 0.1) is 22.1 Å². The third-order valence-electron chi connectivity index (χ3n) is 3.87. The smallest absolute Gasteiger partial charge is 0.270 e. The number of hydrogen-bond acceptors (Lipinski definition) is 7. The monoisotopic (exact) mass is 363 g/mol. The van der Waals surface area contributed by atoms with Crippen molar-refractivity contribution in [2.75, 3.05) is 18.0 Å². The third kappa shape index (κ3) is 4.09. The van der Waals surface area contributed by atoms with Gasteiger partial charge in [0, 0.05) is 31.4 Å². The molecule has 0 spiro atoms. The van der Waals surface area contributed by atoms with E-state index in [-0.39, 0.29) is 17.1 Å². The van der Waals surface area contributed by atoms with E-state index in [0.717, 1.165) is 32.0 Å². The summed E-state index contributed by atoms with van der Waals surface area (Å²) >= 11 is 0. The van der Waals surface area contributed by atoms with Crippen molar-refractivity contribution in [3.8, 4) is 0 Å². The number of nitro benzene ring substituents is 1. The van der Waals surface area contributed by atoms with E-state index in [9.17, 15) is 18.5 Å². The van der Waals surface area contributed by atoms with Gasteiger partial charge in [0.2, 0.25) is 16.0 Å². The lowest BCUT2D eigenvalue weighted by atomic mass is 10.3. The highest BCUT2D eigenvalue weighted by Crippen LogP contribution is 2.18. The number of anilines is 1. The average Bonchev–Trinajstić information content (AvgIpc) is 3.15. The molecule has 0 unspecified atom stereocenters. The molecule has 1 fully saturated rings. The summed E-state index contributed by atoms with van der Waals surface area (Å²) in [6, 6.07) is 6.55. The second-order valence-corrected chi connectivity index (χ2v) is 7.39. The summed E-state index contributed by atoms with van der Waals surface area (Å²) in [6.07, 6.45) is 3.78. The van der Waals surface area contributed by atoms with E-state index in [4.69, 9.17) is 0 Å². The van der Waals surface area contributed by atoms with Gasteiger partial charge in [0.15, 0.2) is 0 Å². The van der Waals surface area contributed by atoms with E-state index in [2.05, 4.69) is 19.6 Å². The van der Waals surface area contributed by atoms with Crippen molar-refractivity contribution in [3.63, 3.8) is 0 Å². The Hall–Kier alpha value is -2.59. The first-order valence-electron chi connectivity index (χ1n) is 7.77. The number of hydrogen-bond donors (Lipinski definition) is 1. The Morgan fingerprint density at radius 1 is 1.24 bits per heavy atom. The number of nitrogens with one attached hydrogen (secondary N) is 1. The van der Waals surface area contributed by atoms with Crippen molar-refractivity contribution < 1.29 is 13.3 Å². The summed E-state index contributed by atoms with van der Waals surface area (Å²) in [5.74, 6) is 0.588. The van der Waals surface area contributed by atoms with E-state index >= 15 is 0 Å². The zero-order valence-corrected chi connectivity index (χ0v) is 14.1. The van der Waals surface area contributed by atoms with Gasteiger partial charge < -0.3 is 4.90 Å². The van der Waals surface area contributed by atoms with Crippen LogP contribution in [0.1, 0.15) is 18.5 Å². The molecule has 0 atom stereocenters. The van der Waals surface area contributed by atoms with Crippen LogP contribution in [0.25, 0.3) is 0 Å². The zero-order chi connectivity index (χ0) is 17.9. The van der Waals surface area contributed by atoms with Gasteiger partial charge in [-0.15, -0.1) is 0 Å². The lowest BCUT2D eigenvalue weighted by Gasteiger charge is -2.15. The lowest BCUT2D eigenvalue weighted by molar-refractivity contribution is -0.385. The molecule has 0 bridgehead atoms. The van der Waals surface area contributed by atoms with Gasteiger partial charge in [-0.05, 0) is 25.0 Å². The van der Waals surface area contributed by atoms with Crippen LogP contribution in [0.3, 0.4) is 0 Å². The maximum Gasteiger partial charge on any atom is 0.270 e. The second kappa shape index (κ2) is 7.11. The van der Waals surface area contributed by atoms with Crippen LogP contribution < -0.4 is 9.62 Å². The summed E-state index contributed by atoms with van der Waals surface area (Å²) in [6.45, 7) is 1.76. The first-order valence-corrected chi connectivity index (χ1v) is 9.25. The molecule has 1 aromatic carbocycles. The van der Waals surface area contributed by atoms with Crippen LogP contribution in [0, 0.1) is 10.1 Å². The Kier molecular flexibility index (Phi) is 4.91. The molecular formula is C15H17N5O4S. The molecule has 1 saturated heterocycles. The number of nitrogens with zero attached hydrogens (tertiary/aromatic N) is 4. The van der Waals surface area contributed by atoms with Crippen molar-refractivity contribution in [2.24, 2.45) is 0 Å². The predicted molar refractivity (Wildman–Crippen MR) is 90.6 cm³/mol. The molecule has 0 aliphatic carbocycles. The standard InChI is InChI=1S/C15H17N5O4S/c21-20(22)13-4-3-5-14(10-13)25(23,24)17-11-12-6-7-16-15(18-12)19-8-1-2-9-19/h3-7,10,17H,1-2,8-9,11H2. The number of sulfonamides is 1. The SMILES string of the molecule is O=[N+]([O-])c1cccc(S(=O)(=O)NCc2ccnc(N3CCCC3)n2)c1. The fourth-order valence-electron chi connectivity index (χ4n) is 2.57. The van der Waals surface area contributed by atoms with Gasteiger partial charge >= 0.3 is 0 Å². The number of aromatic nitrogens is 2. The van der Waals surface area contributed by atoms with E-state index in [1.54, 1.807) is 12.3 Å². The van der Waals surface area contributed by atoms with Crippen LogP contribution in [0.2, 0.25) is 0 Å². The third-order valence-corrected chi connectivity index (χ3v) is 5.27. The Balaban J connectivity index is 1.73. The molecular weight excluding hydrogens is 346 g/mol. The summed E-state index contributed by atoms with van der Waals surface area (Å²) in [4.78, 5) is 20.7. The topological polar surface area (TPSA) is 118 Å². The molecule has 1 N–H and O–H groups in total. The van der Waals surface area contributed by atoms with E-state index in [0.29, 0.717) is 11.6 Å². The van der Waals surface area contributed by atoms with Crippen molar-refractivity contribution in [1.29, 1.82) is 0 Å². The van der Waals surface area contributed by atoms with Gasteiger partial charge in [0.1, 0.15) is 0 Å². The minimum atomic E-state index is -3.87. The van der Waals surface area contributed by atoms with Crippen LogP contribution in [0.15, 0.2) is 41.4 Å². The molecule has 3 rings (SSSR count). The van der Waals surface area contributed by atoms with Gasteiger partial charge in [0.25, 0.3) is 5.69 Å². The summed E-state index contributed by atoms with van der Waals surface area (Å²) in [7, 11) is -3.87. The molecule has 1 aromatic heterocycles. The molecule has 2 heterocycles. The normalized spacial score (nSPS) is 14.6. The summed E-state index contributed by atoms with van der Waals surface area (Å²) in [5, 5.41) is 10.8. The maximum atomic E-state index is 12.3. The molecule has 25 heavy (non-hydrogen) atoms. The van der Waals surface area contributed by atoms with Crippen LogP contribution in [-0.4, -0.2) is 36.4 Å². The minimum absolute atomic E-state index is 0.0195. The fraction of sp³-hybridized carbons (Fsp3) is 0.333. The molecule has 0 saturated carbocycles. The van der Waals surface area contributed by atoms with E-state index in [1.165, 1.54) is 18.2 Å². The van der Waals surface area contributed by atoms with Crippen molar-refractivity contribution in [2.45, 2.75) is 24.3 Å². The quantitative estimate of drug-likeness (QED) is 0.609. The molecule has 2 aromatic rings. The highest BCUT2D eigenvalue weighted by Gasteiger charge is 2.19. The Morgan fingerprint density at radius 3 is 2.72 bits per heavy atom. The maximum absolute atomic E-state index is 12.3. The number of nitro groups is 1. The molecule has 10 heteroatoms. The lowest BCUT2D eigenvalue weighted by Crippen LogP contribution is -2.25. The van der Waals surface area contributed by atoms with Crippen molar-refractivity contribution in [3.05, 3.63) is 52.3 Å². The second-order valence-electron chi connectivity index (χ2n) is 5.62. The van der Waals surface area contributed by atoms with Crippen molar-refractivity contribution >= 4 is 21.7 Å². The first kappa shape index (κ1) is 17.2. The molecule has 1 aliphatic rings. The van der Waals surface area contributed by atoms with Gasteiger partial charge in [-0.1, -0.05) is 6.07 Å². The zero-order valence-electron chi connectivity index (χ0n) is 13.3. The largest absolute Gasteiger partial charge is 0.341 e. The Morgan fingerprint density at radius 2 is 2.00 bits per heavy atom. The van der Waals surface area contributed by atoms with Crippen LogP contribution in [0.5, 0.6) is 0 Å². The van der Waals surface area contributed by atoms with Gasteiger partial charge in [-0.25, -0.2) is 23.1 Å². The molecule has 1 aliphatic heterocycles. The summed E-state index contributed by atoms with van der Waals surface area (Å²) < 4.78 is 27.1. The Labute approximate surface area is 144 Å². The molecule has 0 radical (unpaired) electrons. The van der Waals surface area contributed by atoms with Gasteiger partial charge in [-0.2, -0.15) is 0 Å². The number of non-ortho nitro benzene ring substituents is 1. The molecule has 132 valence electrons. The van der Waals surface area contributed by atoms with Crippen LogP contribution in [-0.2, 0) is 16.6 Å². The highest BCUT2D eigenvalue weighted by atomic mass is 32.2. The molecule has 0 amide bonds. The molecule has 9 nitrogen and oxygen atoms in total. The highest BCUT2D eigenvalue weighted by molar-refractivity contribution is 7.89. The average molecular weight is 363 g/mol. The van der Waals surface area contributed by atoms with E-state index < -0.39 is 14.9 Å². The number of benzene rings is 1. The fourth-order valence-corrected chi connectivity index (χ4v) is 3.61. The predicted octanol–water partition coefficient (Wildman–Crippen LogP) is 1.46.